The largest absolute Gasteiger partial charge is 0.316 e. The Balaban J connectivity index is 2.04. The van der Waals surface area contributed by atoms with E-state index in [-0.39, 0.29) is 0 Å². The predicted octanol–water partition coefficient (Wildman–Crippen LogP) is 3.20. The first-order chi connectivity index (χ1) is 10.3. The summed E-state index contributed by atoms with van der Waals surface area (Å²) < 4.78 is 0. The summed E-state index contributed by atoms with van der Waals surface area (Å²) in [5, 5.41) is 6.03. The maximum absolute atomic E-state index is 4.76. The summed E-state index contributed by atoms with van der Waals surface area (Å²) in [6.07, 6.45) is 1.78. The second-order valence-corrected chi connectivity index (χ2v) is 5.71. The van der Waals surface area contributed by atoms with E-state index in [0.29, 0.717) is 0 Å². The van der Waals surface area contributed by atoms with Crippen LogP contribution in [0.25, 0.3) is 10.9 Å². The minimum absolute atomic E-state index is 0.732. The van der Waals surface area contributed by atoms with Gasteiger partial charge in [0.05, 0.1) is 5.52 Å². The molecule has 0 spiro atoms. The highest BCUT2D eigenvalue weighted by atomic mass is 32.2. The van der Waals surface area contributed by atoms with Crippen LogP contribution in [0.15, 0.2) is 52.8 Å². The molecule has 4 nitrogen and oxygen atoms in total. The number of rotatable bonds is 4. The third kappa shape index (κ3) is 3.20. The number of nitrogens with zero attached hydrogens (tertiary/aromatic N) is 3. The third-order valence-electron chi connectivity index (χ3n) is 3.09. The zero-order valence-corrected chi connectivity index (χ0v) is 12.8. The summed E-state index contributed by atoms with van der Waals surface area (Å²) in [7, 11) is 1.94. The molecule has 0 bridgehead atoms. The van der Waals surface area contributed by atoms with E-state index < -0.39 is 0 Å². The zero-order valence-electron chi connectivity index (χ0n) is 12.0. The van der Waals surface area contributed by atoms with Crippen LogP contribution in [0.3, 0.4) is 0 Å². The molecule has 5 heteroatoms. The van der Waals surface area contributed by atoms with Crippen LogP contribution >= 0.6 is 11.8 Å². The van der Waals surface area contributed by atoms with Gasteiger partial charge in [-0.2, -0.15) is 0 Å². The second-order valence-electron chi connectivity index (χ2n) is 4.76. The van der Waals surface area contributed by atoms with Gasteiger partial charge in [-0.25, -0.2) is 15.0 Å². The Labute approximate surface area is 128 Å². The number of pyridine rings is 1. The van der Waals surface area contributed by atoms with Gasteiger partial charge >= 0.3 is 0 Å². The Hall–Kier alpha value is -1.98. The molecule has 0 saturated carbocycles. The van der Waals surface area contributed by atoms with Gasteiger partial charge in [-0.1, -0.05) is 18.2 Å². The van der Waals surface area contributed by atoms with Crippen molar-refractivity contribution >= 4 is 22.7 Å². The minimum atomic E-state index is 0.732. The quantitative estimate of drug-likeness (QED) is 0.749. The van der Waals surface area contributed by atoms with Crippen LogP contribution in [0.5, 0.6) is 0 Å². The molecule has 2 aromatic heterocycles. The standard InChI is InChI=1S/C16H16N4S/c1-11-7-8-18-16(19-11)21-15-13(10-17-2)9-12-5-3-4-6-14(12)20-15/h3-9,17H,10H2,1-2H3. The Morgan fingerprint density at radius 1 is 1.14 bits per heavy atom. The fourth-order valence-electron chi connectivity index (χ4n) is 2.11. The molecule has 0 aliphatic rings. The van der Waals surface area contributed by atoms with Gasteiger partial charge in [0.1, 0.15) is 5.03 Å². The van der Waals surface area contributed by atoms with E-state index in [0.717, 1.165) is 38.9 Å². The second kappa shape index (κ2) is 6.20. The fourth-order valence-corrected chi connectivity index (χ4v) is 2.99. The molecule has 0 unspecified atom stereocenters. The van der Waals surface area contributed by atoms with Gasteiger partial charge in [0.25, 0.3) is 0 Å². The summed E-state index contributed by atoms with van der Waals surface area (Å²) in [5.41, 5.74) is 3.11. The molecule has 1 aromatic carbocycles. The number of aryl methyl sites for hydroxylation is 1. The highest BCUT2D eigenvalue weighted by Crippen LogP contribution is 2.28. The maximum atomic E-state index is 4.76. The zero-order chi connectivity index (χ0) is 14.7. The first-order valence-corrected chi connectivity index (χ1v) is 7.58. The van der Waals surface area contributed by atoms with Crippen LogP contribution in [-0.4, -0.2) is 22.0 Å². The molecule has 1 N–H and O–H groups in total. The van der Waals surface area contributed by atoms with Crippen LogP contribution in [-0.2, 0) is 6.54 Å². The smallest absolute Gasteiger partial charge is 0.194 e. The molecule has 0 amide bonds. The number of fused-ring (bicyclic) bond motifs is 1. The van der Waals surface area contributed by atoms with Crippen molar-refractivity contribution in [2.24, 2.45) is 0 Å². The molecular weight excluding hydrogens is 280 g/mol. The third-order valence-corrected chi connectivity index (χ3v) is 4.02. The molecule has 0 aliphatic carbocycles. The van der Waals surface area contributed by atoms with E-state index in [1.54, 1.807) is 6.20 Å². The molecule has 106 valence electrons. The van der Waals surface area contributed by atoms with E-state index in [1.165, 1.54) is 11.8 Å². The van der Waals surface area contributed by atoms with Crippen LogP contribution in [0.2, 0.25) is 0 Å². The Bertz CT molecular complexity index is 773. The van der Waals surface area contributed by atoms with Crippen LogP contribution < -0.4 is 5.32 Å². The summed E-state index contributed by atoms with van der Waals surface area (Å²) >= 11 is 1.51. The summed E-state index contributed by atoms with van der Waals surface area (Å²) in [6, 6.07) is 12.2. The summed E-state index contributed by atoms with van der Waals surface area (Å²) in [6.45, 7) is 2.74. The monoisotopic (exact) mass is 296 g/mol. The van der Waals surface area contributed by atoms with Gasteiger partial charge in [0.15, 0.2) is 5.16 Å². The van der Waals surface area contributed by atoms with Crippen molar-refractivity contribution in [2.45, 2.75) is 23.7 Å². The van der Waals surface area contributed by atoms with E-state index >= 15 is 0 Å². The number of para-hydroxylation sites is 1. The molecule has 0 radical (unpaired) electrons. The van der Waals surface area contributed by atoms with Crippen LogP contribution in [0, 0.1) is 6.92 Å². The van der Waals surface area contributed by atoms with Crippen molar-refractivity contribution in [3.05, 3.63) is 53.9 Å². The number of hydrogen-bond donors (Lipinski definition) is 1. The number of nitrogens with one attached hydrogen (secondary N) is 1. The Morgan fingerprint density at radius 3 is 2.81 bits per heavy atom. The minimum Gasteiger partial charge on any atom is -0.316 e. The van der Waals surface area contributed by atoms with Crippen molar-refractivity contribution in [2.75, 3.05) is 7.05 Å². The highest BCUT2D eigenvalue weighted by molar-refractivity contribution is 7.99. The van der Waals surface area contributed by atoms with Crippen molar-refractivity contribution in [3.8, 4) is 0 Å². The molecule has 0 atom stereocenters. The summed E-state index contributed by atoms with van der Waals surface area (Å²) in [4.78, 5) is 13.5. The number of benzene rings is 1. The first kappa shape index (κ1) is 14.0. The lowest BCUT2D eigenvalue weighted by atomic mass is 10.1. The molecule has 0 saturated heterocycles. The highest BCUT2D eigenvalue weighted by Gasteiger charge is 2.10. The molecule has 0 aliphatic heterocycles. The lowest BCUT2D eigenvalue weighted by Crippen LogP contribution is -2.07. The van der Waals surface area contributed by atoms with E-state index in [9.17, 15) is 0 Å². The van der Waals surface area contributed by atoms with Crippen molar-refractivity contribution in [3.63, 3.8) is 0 Å². The van der Waals surface area contributed by atoms with Gasteiger partial charge in [-0.05, 0) is 49.5 Å². The van der Waals surface area contributed by atoms with Gasteiger partial charge < -0.3 is 5.32 Å². The SMILES string of the molecule is CNCc1cc2ccccc2nc1Sc1nccc(C)n1. The number of hydrogen-bond acceptors (Lipinski definition) is 5. The molecule has 21 heavy (non-hydrogen) atoms. The number of aromatic nitrogens is 3. The van der Waals surface area contributed by atoms with Crippen LogP contribution in [0.4, 0.5) is 0 Å². The van der Waals surface area contributed by atoms with Crippen molar-refractivity contribution in [1.82, 2.24) is 20.3 Å². The fraction of sp³-hybridized carbons (Fsp3) is 0.188. The molecule has 2 heterocycles. The summed E-state index contributed by atoms with van der Waals surface area (Å²) in [5.74, 6) is 0. The van der Waals surface area contributed by atoms with Gasteiger partial charge in [-0.15, -0.1) is 0 Å². The molecular formula is C16H16N4S. The lowest BCUT2D eigenvalue weighted by Gasteiger charge is -2.09. The van der Waals surface area contributed by atoms with E-state index in [4.69, 9.17) is 4.98 Å². The predicted molar refractivity (Wildman–Crippen MR) is 85.4 cm³/mol. The van der Waals surface area contributed by atoms with E-state index in [1.807, 2.05) is 38.2 Å². The van der Waals surface area contributed by atoms with Gasteiger partial charge in [0, 0.05) is 23.8 Å². The average molecular weight is 296 g/mol. The van der Waals surface area contributed by atoms with Crippen molar-refractivity contribution in [1.29, 1.82) is 0 Å². The topological polar surface area (TPSA) is 50.7 Å². The molecule has 0 fully saturated rings. The molecule has 3 aromatic rings. The van der Waals surface area contributed by atoms with Gasteiger partial charge in [-0.3, -0.25) is 0 Å². The Morgan fingerprint density at radius 2 is 2.00 bits per heavy atom. The van der Waals surface area contributed by atoms with Gasteiger partial charge in [0.2, 0.25) is 0 Å². The van der Waals surface area contributed by atoms with Crippen molar-refractivity contribution < 1.29 is 0 Å². The van der Waals surface area contributed by atoms with Crippen LogP contribution in [0.1, 0.15) is 11.3 Å². The average Bonchev–Trinajstić information content (AvgIpc) is 2.48. The molecule has 3 rings (SSSR count). The van der Waals surface area contributed by atoms with E-state index in [2.05, 4.69) is 27.4 Å². The first-order valence-electron chi connectivity index (χ1n) is 6.77. The normalized spacial score (nSPS) is 11.0. The Kier molecular flexibility index (Phi) is 4.13. The maximum Gasteiger partial charge on any atom is 0.194 e. The lowest BCUT2D eigenvalue weighted by molar-refractivity contribution is 0.792.